The third-order valence-electron chi connectivity index (χ3n) is 4.21. The Morgan fingerprint density at radius 1 is 1.38 bits per heavy atom. The van der Waals surface area contributed by atoms with Gasteiger partial charge in [-0.1, -0.05) is 18.6 Å². The first-order valence-corrected chi connectivity index (χ1v) is 7.97. The molecular formula is C19H14N6O. The van der Waals surface area contributed by atoms with Gasteiger partial charge in [-0.25, -0.2) is 4.52 Å². The minimum Gasteiger partial charge on any atom is -0.320 e. The molecule has 0 saturated carbocycles. The highest BCUT2D eigenvalue weighted by atomic mass is 16.2. The molecule has 4 heterocycles. The first-order valence-electron chi connectivity index (χ1n) is 7.97. The van der Waals surface area contributed by atoms with E-state index >= 15 is 0 Å². The second-order valence-corrected chi connectivity index (χ2v) is 5.97. The van der Waals surface area contributed by atoms with Crippen LogP contribution in [0.4, 0.5) is 0 Å². The maximum Gasteiger partial charge on any atom is 0.247 e. The highest BCUT2D eigenvalue weighted by Crippen LogP contribution is 2.22. The lowest BCUT2D eigenvalue weighted by Gasteiger charge is -1.98. The number of hydrogen-bond donors (Lipinski definition) is 0. The van der Waals surface area contributed by atoms with E-state index in [1.807, 2.05) is 31.6 Å². The van der Waals surface area contributed by atoms with Crippen LogP contribution in [-0.4, -0.2) is 42.8 Å². The number of pyridine rings is 1. The van der Waals surface area contributed by atoms with Crippen LogP contribution in [0.25, 0.3) is 16.6 Å². The van der Waals surface area contributed by atoms with Gasteiger partial charge >= 0.3 is 0 Å². The molecule has 4 rings (SSSR count). The topological polar surface area (TPSA) is 79.0 Å². The summed E-state index contributed by atoms with van der Waals surface area (Å²) < 4.78 is 3.39. The quantitative estimate of drug-likeness (QED) is 0.400. The van der Waals surface area contributed by atoms with Crippen molar-refractivity contribution in [2.45, 2.75) is 6.04 Å². The van der Waals surface area contributed by atoms with E-state index in [2.05, 4.69) is 34.7 Å². The molecule has 0 aromatic carbocycles. The average molecular weight is 342 g/mol. The summed E-state index contributed by atoms with van der Waals surface area (Å²) in [5, 5.41) is 18.1. The van der Waals surface area contributed by atoms with Crippen LogP contribution in [0.2, 0.25) is 0 Å². The number of nitrogens with zero attached hydrogens (tertiary/aromatic N) is 6. The standard InChI is InChI=1S/C19H14N6O/c1-3-19(26)24-12-15(24)5-6-17-16(8-20)18-7-4-13(11-25(18)22-17)14-9-21-23(2)10-14/h3-4,7,9-11,15H,1,12H2,2H3. The number of carbonyl (C=O) groups is 1. The molecule has 0 aliphatic carbocycles. The predicted octanol–water partition coefficient (Wildman–Crippen LogP) is 1.35. The van der Waals surface area contributed by atoms with Crippen LogP contribution in [0.1, 0.15) is 11.3 Å². The number of nitriles is 1. The Kier molecular flexibility index (Phi) is 3.56. The fourth-order valence-corrected chi connectivity index (χ4v) is 2.76. The van der Waals surface area contributed by atoms with E-state index in [1.54, 1.807) is 20.3 Å². The maximum absolute atomic E-state index is 11.5. The average Bonchev–Trinajstić information content (AvgIpc) is 3.15. The zero-order valence-corrected chi connectivity index (χ0v) is 14.0. The number of fused-ring (bicyclic) bond motifs is 1. The van der Waals surface area contributed by atoms with Crippen LogP contribution in [0.5, 0.6) is 0 Å². The molecular weight excluding hydrogens is 328 g/mol. The van der Waals surface area contributed by atoms with Gasteiger partial charge in [0.2, 0.25) is 5.91 Å². The van der Waals surface area contributed by atoms with Crippen molar-refractivity contribution in [3.05, 3.63) is 54.6 Å². The Hall–Kier alpha value is -3.84. The molecule has 1 aliphatic heterocycles. The summed E-state index contributed by atoms with van der Waals surface area (Å²) in [6, 6.07) is 5.81. The highest BCUT2D eigenvalue weighted by Gasteiger charge is 2.35. The van der Waals surface area contributed by atoms with Crippen LogP contribution < -0.4 is 0 Å². The normalized spacial score (nSPS) is 15.2. The van der Waals surface area contributed by atoms with E-state index < -0.39 is 0 Å². The van der Waals surface area contributed by atoms with Crippen molar-refractivity contribution in [1.82, 2.24) is 24.3 Å². The molecule has 3 aromatic rings. The molecule has 0 radical (unpaired) electrons. The number of aryl methyl sites for hydroxylation is 1. The van der Waals surface area contributed by atoms with Gasteiger partial charge in [-0.15, -0.1) is 0 Å². The second kappa shape index (κ2) is 5.91. The molecule has 7 heteroatoms. The van der Waals surface area contributed by atoms with E-state index in [9.17, 15) is 10.1 Å². The smallest absolute Gasteiger partial charge is 0.247 e. The summed E-state index contributed by atoms with van der Waals surface area (Å²) >= 11 is 0. The first kappa shape index (κ1) is 15.7. The molecule has 1 atom stereocenters. The lowest BCUT2D eigenvalue weighted by molar-refractivity contribution is -0.121. The number of rotatable bonds is 2. The van der Waals surface area contributed by atoms with Crippen molar-refractivity contribution < 1.29 is 4.79 Å². The Morgan fingerprint density at radius 3 is 2.92 bits per heavy atom. The van der Waals surface area contributed by atoms with Gasteiger partial charge in [-0.2, -0.15) is 15.5 Å². The molecule has 7 nitrogen and oxygen atoms in total. The summed E-state index contributed by atoms with van der Waals surface area (Å²) in [7, 11) is 1.86. The number of aromatic nitrogens is 4. The molecule has 1 saturated heterocycles. The summed E-state index contributed by atoms with van der Waals surface area (Å²) in [6.07, 6.45) is 6.81. The van der Waals surface area contributed by atoms with Gasteiger partial charge in [-0.05, 0) is 18.1 Å². The second-order valence-electron chi connectivity index (χ2n) is 5.97. The number of carbonyl (C=O) groups excluding carboxylic acids is 1. The van der Waals surface area contributed by atoms with Crippen molar-refractivity contribution in [2.75, 3.05) is 6.54 Å². The molecule has 0 bridgehead atoms. The summed E-state index contributed by atoms with van der Waals surface area (Å²) in [5.74, 6) is 5.79. The molecule has 1 aliphatic rings. The van der Waals surface area contributed by atoms with E-state index in [0.29, 0.717) is 23.3 Å². The van der Waals surface area contributed by atoms with Gasteiger partial charge in [-0.3, -0.25) is 9.48 Å². The Morgan fingerprint density at radius 2 is 2.23 bits per heavy atom. The SMILES string of the molecule is C=CC(=O)N1CC1C#Cc1nn2cc(-c3cnn(C)c3)ccc2c1C#N. The molecule has 0 spiro atoms. The summed E-state index contributed by atoms with van der Waals surface area (Å²) in [4.78, 5) is 13.1. The van der Waals surface area contributed by atoms with E-state index in [-0.39, 0.29) is 11.9 Å². The fraction of sp³-hybridized carbons (Fsp3) is 0.158. The van der Waals surface area contributed by atoms with Gasteiger partial charge in [0.15, 0.2) is 5.69 Å². The number of hydrogen-bond acceptors (Lipinski definition) is 4. The molecule has 1 amide bonds. The lowest BCUT2D eigenvalue weighted by atomic mass is 10.1. The van der Waals surface area contributed by atoms with Crippen molar-refractivity contribution in [3.8, 4) is 29.0 Å². The van der Waals surface area contributed by atoms with E-state index in [4.69, 9.17) is 0 Å². The minimum absolute atomic E-state index is 0.136. The van der Waals surface area contributed by atoms with Gasteiger partial charge in [0.05, 0.1) is 18.3 Å². The summed E-state index contributed by atoms with van der Waals surface area (Å²) in [5.41, 5.74) is 3.44. The monoisotopic (exact) mass is 342 g/mol. The molecule has 1 unspecified atom stereocenters. The van der Waals surface area contributed by atoms with Crippen molar-refractivity contribution in [3.63, 3.8) is 0 Å². The lowest BCUT2D eigenvalue weighted by Crippen LogP contribution is -2.08. The van der Waals surface area contributed by atoms with Crippen LogP contribution in [0, 0.1) is 23.2 Å². The maximum atomic E-state index is 11.5. The Balaban J connectivity index is 1.69. The van der Waals surface area contributed by atoms with Crippen LogP contribution in [-0.2, 0) is 11.8 Å². The van der Waals surface area contributed by atoms with Gasteiger partial charge in [0.25, 0.3) is 0 Å². The van der Waals surface area contributed by atoms with E-state index in [0.717, 1.165) is 11.1 Å². The molecule has 0 N–H and O–H groups in total. The molecule has 26 heavy (non-hydrogen) atoms. The minimum atomic E-state index is -0.138. The van der Waals surface area contributed by atoms with Crippen molar-refractivity contribution in [2.24, 2.45) is 7.05 Å². The van der Waals surface area contributed by atoms with Crippen LogP contribution >= 0.6 is 0 Å². The first-order chi connectivity index (χ1) is 12.6. The van der Waals surface area contributed by atoms with Gasteiger partial charge < -0.3 is 4.90 Å². The zero-order chi connectivity index (χ0) is 18.3. The van der Waals surface area contributed by atoms with Gasteiger partial charge in [0, 0.05) is 30.6 Å². The Labute approximate surface area is 149 Å². The fourth-order valence-electron chi connectivity index (χ4n) is 2.76. The third-order valence-corrected chi connectivity index (χ3v) is 4.21. The van der Waals surface area contributed by atoms with Crippen molar-refractivity contribution in [1.29, 1.82) is 5.26 Å². The van der Waals surface area contributed by atoms with Crippen LogP contribution in [0.3, 0.4) is 0 Å². The van der Waals surface area contributed by atoms with Crippen molar-refractivity contribution >= 4 is 11.4 Å². The highest BCUT2D eigenvalue weighted by molar-refractivity contribution is 5.89. The van der Waals surface area contributed by atoms with E-state index in [1.165, 1.54) is 6.08 Å². The zero-order valence-electron chi connectivity index (χ0n) is 14.0. The largest absolute Gasteiger partial charge is 0.320 e. The third kappa shape index (κ3) is 2.62. The number of amides is 1. The molecule has 126 valence electrons. The van der Waals surface area contributed by atoms with Crippen LogP contribution in [0.15, 0.2) is 43.4 Å². The Bertz CT molecular complexity index is 1150. The molecule has 3 aromatic heterocycles. The predicted molar refractivity (Wildman–Crippen MR) is 94.7 cm³/mol. The van der Waals surface area contributed by atoms with Gasteiger partial charge in [0.1, 0.15) is 17.7 Å². The summed E-state index contributed by atoms with van der Waals surface area (Å²) in [6.45, 7) is 4.04. The molecule has 1 fully saturated rings.